The third-order valence-electron chi connectivity index (χ3n) is 5.93. The molecule has 0 N–H and O–H groups in total. The number of methoxy groups -OCH3 is 1. The summed E-state index contributed by atoms with van der Waals surface area (Å²) in [5.74, 6) is -0.612. The van der Waals surface area contributed by atoms with Crippen molar-refractivity contribution in [1.29, 1.82) is 0 Å². The van der Waals surface area contributed by atoms with E-state index >= 15 is 0 Å². The van der Waals surface area contributed by atoms with Crippen LogP contribution in [0.4, 0.5) is 0 Å². The van der Waals surface area contributed by atoms with Crippen LogP contribution in [0.15, 0.2) is 33.9 Å². The quantitative estimate of drug-likeness (QED) is 0.405. The van der Waals surface area contributed by atoms with E-state index in [0.717, 1.165) is 21.5 Å². The first-order valence-corrected chi connectivity index (χ1v) is 12.9. The summed E-state index contributed by atoms with van der Waals surface area (Å²) < 4.78 is 18.5. The summed E-state index contributed by atoms with van der Waals surface area (Å²) in [6, 6.07) is 7.45. The average Bonchev–Trinajstić information content (AvgIpc) is 3.15. The van der Waals surface area contributed by atoms with E-state index in [2.05, 4.69) is 0 Å². The van der Waals surface area contributed by atoms with Gasteiger partial charge in [0.2, 0.25) is 0 Å². The van der Waals surface area contributed by atoms with Gasteiger partial charge in [-0.1, -0.05) is 18.2 Å². The normalized spacial score (nSPS) is 12.0. The molecule has 1 aromatic carbocycles. The van der Waals surface area contributed by atoms with E-state index in [1.807, 2.05) is 24.3 Å². The lowest BCUT2D eigenvalue weighted by molar-refractivity contribution is -0.164. The molecule has 0 radical (unpaired) electrons. The molecule has 0 fully saturated rings. The highest BCUT2D eigenvalue weighted by atomic mass is 32.1. The number of carbonyl (C=O) groups is 2. The van der Waals surface area contributed by atoms with Crippen molar-refractivity contribution in [2.24, 2.45) is 0 Å². The molecule has 2 heterocycles. The van der Waals surface area contributed by atoms with Gasteiger partial charge in [-0.25, -0.2) is 19.0 Å². The van der Waals surface area contributed by atoms with Crippen LogP contribution >= 0.6 is 11.3 Å². The van der Waals surface area contributed by atoms with Gasteiger partial charge < -0.3 is 14.2 Å². The molecule has 0 aliphatic heterocycles. The number of esters is 2. The summed E-state index contributed by atoms with van der Waals surface area (Å²) >= 11 is 1.04. The van der Waals surface area contributed by atoms with E-state index in [-0.39, 0.29) is 23.4 Å². The Morgan fingerprint density at radius 2 is 1.70 bits per heavy atom. The molecule has 0 spiro atoms. The summed E-state index contributed by atoms with van der Waals surface area (Å²) in [6.45, 7) is 11.8. The van der Waals surface area contributed by atoms with Gasteiger partial charge in [0.1, 0.15) is 26.6 Å². The molecule has 2 aromatic heterocycles. The number of nitrogens with zero attached hydrogens (tertiary/aromatic N) is 2. The van der Waals surface area contributed by atoms with Crippen molar-refractivity contribution < 1.29 is 23.8 Å². The Balaban J connectivity index is 2.30. The van der Waals surface area contributed by atoms with Gasteiger partial charge in [-0.05, 0) is 72.1 Å². The van der Waals surface area contributed by atoms with Gasteiger partial charge in [0.05, 0.1) is 19.1 Å². The monoisotopic (exact) mass is 530 g/mol. The van der Waals surface area contributed by atoms with Crippen LogP contribution in [0.25, 0.3) is 10.2 Å². The Kier molecular flexibility index (Phi) is 8.02. The molecule has 10 heteroatoms. The summed E-state index contributed by atoms with van der Waals surface area (Å²) in [4.78, 5) is 54.1. The predicted octanol–water partition coefficient (Wildman–Crippen LogP) is 4.04. The van der Waals surface area contributed by atoms with Crippen molar-refractivity contribution in [3.05, 3.63) is 61.1 Å². The fourth-order valence-corrected chi connectivity index (χ4v) is 5.28. The first-order valence-electron chi connectivity index (χ1n) is 12.1. The number of hydrogen-bond acceptors (Lipinski definition) is 8. The van der Waals surface area contributed by atoms with E-state index in [4.69, 9.17) is 14.2 Å². The van der Waals surface area contributed by atoms with E-state index in [1.54, 1.807) is 41.7 Å². The molecule has 0 aliphatic rings. The molecule has 200 valence electrons. The predicted molar refractivity (Wildman–Crippen MR) is 143 cm³/mol. The maximum absolute atomic E-state index is 13.9. The van der Waals surface area contributed by atoms with Crippen LogP contribution in [0.1, 0.15) is 62.3 Å². The van der Waals surface area contributed by atoms with E-state index in [0.29, 0.717) is 22.6 Å². The summed E-state index contributed by atoms with van der Waals surface area (Å²) in [7, 11) is 1.57. The third kappa shape index (κ3) is 5.49. The fraction of sp³-hybridized carbons (Fsp3) is 0.481. The summed E-state index contributed by atoms with van der Waals surface area (Å²) in [6.07, 6.45) is 0.412. The molecule has 0 aliphatic carbocycles. The van der Waals surface area contributed by atoms with Crippen molar-refractivity contribution in [2.45, 2.75) is 72.6 Å². The van der Waals surface area contributed by atoms with Crippen LogP contribution < -0.4 is 16.0 Å². The number of thiophene rings is 1. The molecule has 0 saturated carbocycles. The van der Waals surface area contributed by atoms with Crippen LogP contribution in [0.2, 0.25) is 0 Å². The SMILES string of the molecule is CCOC(=O)c1sc2c(c1C)c(=O)n(C(C)(C)C(=O)OC(C)(C)C)c(=O)n2CCc1ccccc1OC. The molecule has 3 aromatic rings. The van der Waals surface area contributed by atoms with E-state index in [9.17, 15) is 19.2 Å². The molecule has 0 unspecified atom stereocenters. The molecule has 9 nitrogen and oxygen atoms in total. The van der Waals surface area contributed by atoms with Gasteiger partial charge >= 0.3 is 17.6 Å². The van der Waals surface area contributed by atoms with Crippen molar-refractivity contribution in [1.82, 2.24) is 9.13 Å². The number of ether oxygens (including phenoxy) is 3. The Morgan fingerprint density at radius 1 is 1.05 bits per heavy atom. The van der Waals surface area contributed by atoms with Gasteiger partial charge in [0, 0.05) is 6.54 Å². The summed E-state index contributed by atoms with van der Waals surface area (Å²) in [5, 5.41) is 0.198. The Bertz CT molecular complexity index is 1450. The molecule has 0 atom stereocenters. The minimum atomic E-state index is -1.61. The zero-order valence-corrected chi connectivity index (χ0v) is 23.4. The Hall–Kier alpha value is -3.40. The van der Waals surface area contributed by atoms with Crippen molar-refractivity contribution in [2.75, 3.05) is 13.7 Å². The number of benzene rings is 1. The smallest absolute Gasteiger partial charge is 0.348 e. The molecular weight excluding hydrogens is 496 g/mol. The van der Waals surface area contributed by atoms with Gasteiger partial charge in [0.15, 0.2) is 0 Å². The average molecular weight is 531 g/mol. The zero-order valence-electron chi connectivity index (χ0n) is 22.6. The van der Waals surface area contributed by atoms with Gasteiger partial charge in [-0.15, -0.1) is 11.3 Å². The Morgan fingerprint density at radius 3 is 2.30 bits per heavy atom. The highest BCUT2D eigenvalue weighted by Gasteiger charge is 2.39. The highest BCUT2D eigenvalue weighted by Crippen LogP contribution is 2.30. The molecule has 3 rings (SSSR count). The number of aryl methyl sites for hydroxylation is 3. The lowest BCUT2D eigenvalue weighted by atomic mass is 10.0. The van der Waals surface area contributed by atoms with Crippen LogP contribution in [0, 0.1) is 6.92 Å². The van der Waals surface area contributed by atoms with Crippen molar-refractivity contribution >= 4 is 33.5 Å². The minimum Gasteiger partial charge on any atom is -0.496 e. The zero-order chi connectivity index (χ0) is 27.7. The third-order valence-corrected chi connectivity index (χ3v) is 7.22. The molecule has 0 bridgehead atoms. The van der Waals surface area contributed by atoms with Crippen molar-refractivity contribution in [3.8, 4) is 5.75 Å². The summed E-state index contributed by atoms with van der Waals surface area (Å²) in [5.41, 5.74) is -2.48. The van der Waals surface area contributed by atoms with E-state index < -0.39 is 34.3 Å². The van der Waals surface area contributed by atoms with Gasteiger partial charge in [0.25, 0.3) is 5.56 Å². The number of para-hydroxylation sites is 1. The number of fused-ring (bicyclic) bond motifs is 1. The second-order valence-corrected chi connectivity index (χ2v) is 11.2. The second-order valence-electron chi connectivity index (χ2n) is 10.2. The number of rotatable bonds is 8. The first kappa shape index (κ1) is 28.2. The van der Waals surface area contributed by atoms with Crippen molar-refractivity contribution in [3.63, 3.8) is 0 Å². The Labute approximate surface area is 219 Å². The van der Waals surface area contributed by atoms with Crippen LogP contribution in [-0.4, -0.2) is 40.4 Å². The minimum absolute atomic E-state index is 0.170. The lowest BCUT2D eigenvalue weighted by Gasteiger charge is -2.30. The topological polar surface area (TPSA) is 106 Å². The first-order chi connectivity index (χ1) is 17.2. The largest absolute Gasteiger partial charge is 0.496 e. The fourth-order valence-electron chi connectivity index (χ4n) is 4.06. The molecule has 0 saturated heterocycles. The maximum Gasteiger partial charge on any atom is 0.348 e. The number of aromatic nitrogens is 2. The molecular formula is C27H34N2O7S. The van der Waals surface area contributed by atoms with Crippen LogP contribution in [0.3, 0.4) is 0 Å². The van der Waals surface area contributed by atoms with Crippen LogP contribution in [0.5, 0.6) is 5.75 Å². The second kappa shape index (κ2) is 10.5. The number of hydrogen-bond donors (Lipinski definition) is 0. The molecule has 0 amide bonds. The van der Waals surface area contributed by atoms with Gasteiger partial charge in [-0.2, -0.15) is 0 Å². The van der Waals surface area contributed by atoms with E-state index in [1.165, 1.54) is 18.4 Å². The standard InChI is InChI=1S/C27H34N2O7S/c1-9-35-23(31)20-16(2)19-21(30)29(27(6,7)24(32)36-26(3,4)5)25(33)28(22(19)37-20)15-14-17-12-10-11-13-18(17)34-8/h10-13H,9,14-15H2,1-8H3. The number of carbonyl (C=O) groups excluding carboxylic acids is 2. The molecule has 37 heavy (non-hydrogen) atoms. The highest BCUT2D eigenvalue weighted by molar-refractivity contribution is 7.20. The lowest BCUT2D eigenvalue weighted by Crippen LogP contribution is -2.54. The van der Waals surface area contributed by atoms with Crippen LogP contribution in [-0.2, 0) is 32.8 Å². The van der Waals surface area contributed by atoms with Gasteiger partial charge in [-0.3, -0.25) is 9.36 Å². The maximum atomic E-state index is 13.9.